The second-order valence-corrected chi connectivity index (χ2v) is 10.2. The highest BCUT2D eigenvalue weighted by molar-refractivity contribution is 7.21. The maximum absolute atomic E-state index is 12.9. The average Bonchev–Trinajstić information content (AvgIpc) is 3.46. The molecule has 30 heavy (non-hydrogen) atoms. The van der Waals surface area contributed by atoms with Crippen LogP contribution in [0.4, 0.5) is 11.5 Å². The fourth-order valence-electron chi connectivity index (χ4n) is 4.79. The van der Waals surface area contributed by atoms with Crippen molar-refractivity contribution in [3.8, 4) is 0 Å². The number of nitrogens with zero attached hydrogens (tertiary/aromatic N) is 2. The SMILES string of the molecule is CC1(C)Cc2c(c(N3CCCC3)nc3sc(C(=O)NCC4CCCO4)c(N)c23)CO1. The van der Waals surface area contributed by atoms with E-state index in [1.54, 1.807) is 0 Å². The Morgan fingerprint density at radius 1 is 1.30 bits per heavy atom. The highest BCUT2D eigenvalue weighted by atomic mass is 32.1. The maximum atomic E-state index is 12.9. The summed E-state index contributed by atoms with van der Waals surface area (Å²) in [7, 11) is 0. The molecule has 0 spiro atoms. The number of nitrogens with one attached hydrogen (secondary N) is 1. The number of fused-ring (bicyclic) bond motifs is 3. The summed E-state index contributed by atoms with van der Waals surface area (Å²) in [6.45, 7) is 8.09. The van der Waals surface area contributed by atoms with Crippen LogP contribution in [0.5, 0.6) is 0 Å². The normalized spacial score (nSPS) is 23.1. The summed E-state index contributed by atoms with van der Waals surface area (Å²) in [6, 6.07) is 0. The molecule has 2 aromatic rings. The van der Waals surface area contributed by atoms with Crippen LogP contribution < -0.4 is 16.0 Å². The lowest BCUT2D eigenvalue weighted by molar-refractivity contribution is -0.0395. The fourth-order valence-corrected chi connectivity index (χ4v) is 5.83. The highest BCUT2D eigenvalue weighted by Gasteiger charge is 2.34. The van der Waals surface area contributed by atoms with Crippen LogP contribution in [-0.2, 0) is 22.5 Å². The lowest BCUT2D eigenvalue weighted by Gasteiger charge is -2.34. The van der Waals surface area contributed by atoms with Gasteiger partial charge in [-0.1, -0.05) is 0 Å². The van der Waals surface area contributed by atoms with Crippen molar-refractivity contribution in [1.29, 1.82) is 0 Å². The van der Waals surface area contributed by atoms with E-state index in [0.717, 1.165) is 60.6 Å². The first-order valence-corrected chi connectivity index (χ1v) is 11.8. The number of carbonyl (C=O) groups excluding carboxylic acids is 1. The summed E-state index contributed by atoms with van der Waals surface area (Å²) >= 11 is 1.40. The van der Waals surface area contributed by atoms with Gasteiger partial charge >= 0.3 is 0 Å². The number of nitrogens with two attached hydrogens (primary N) is 1. The van der Waals surface area contributed by atoms with Gasteiger partial charge in [0, 0.05) is 43.6 Å². The van der Waals surface area contributed by atoms with Gasteiger partial charge in [0.1, 0.15) is 15.5 Å². The molecule has 7 nitrogen and oxygen atoms in total. The Morgan fingerprint density at radius 3 is 2.83 bits per heavy atom. The van der Waals surface area contributed by atoms with Crippen molar-refractivity contribution in [3.05, 3.63) is 16.0 Å². The van der Waals surface area contributed by atoms with Crippen molar-refractivity contribution in [3.63, 3.8) is 0 Å². The van der Waals surface area contributed by atoms with E-state index in [1.165, 1.54) is 29.7 Å². The predicted octanol–water partition coefficient (Wildman–Crippen LogP) is 3.24. The number of hydrogen-bond acceptors (Lipinski definition) is 7. The minimum absolute atomic E-state index is 0.107. The summed E-state index contributed by atoms with van der Waals surface area (Å²) in [4.78, 5) is 21.7. The van der Waals surface area contributed by atoms with E-state index < -0.39 is 0 Å². The van der Waals surface area contributed by atoms with Crippen LogP contribution in [0, 0.1) is 0 Å². The quantitative estimate of drug-likeness (QED) is 0.774. The topological polar surface area (TPSA) is 89.7 Å². The zero-order chi connectivity index (χ0) is 20.9. The summed E-state index contributed by atoms with van der Waals surface area (Å²) in [5, 5.41) is 3.95. The van der Waals surface area contributed by atoms with Gasteiger partial charge in [0.25, 0.3) is 5.91 Å². The van der Waals surface area contributed by atoms with E-state index in [-0.39, 0.29) is 17.6 Å². The van der Waals surface area contributed by atoms with Crippen LogP contribution in [0.3, 0.4) is 0 Å². The molecule has 0 aliphatic carbocycles. The minimum Gasteiger partial charge on any atom is -0.397 e. The van der Waals surface area contributed by atoms with Crippen molar-refractivity contribution in [2.75, 3.05) is 36.9 Å². The molecule has 3 N–H and O–H groups in total. The van der Waals surface area contributed by atoms with E-state index in [1.807, 2.05) is 0 Å². The molecule has 0 saturated carbocycles. The second-order valence-electron chi connectivity index (χ2n) is 9.18. The molecule has 1 atom stereocenters. The number of rotatable bonds is 4. The fraction of sp³-hybridized carbons (Fsp3) is 0.636. The van der Waals surface area contributed by atoms with Gasteiger partial charge in [0.05, 0.1) is 24.0 Å². The van der Waals surface area contributed by atoms with Crippen LogP contribution >= 0.6 is 11.3 Å². The molecular formula is C22H30N4O3S. The number of carbonyl (C=O) groups is 1. The highest BCUT2D eigenvalue weighted by Crippen LogP contribution is 2.43. The molecule has 1 unspecified atom stereocenters. The number of nitrogen functional groups attached to an aromatic ring is 1. The third-order valence-electron chi connectivity index (χ3n) is 6.41. The van der Waals surface area contributed by atoms with E-state index in [9.17, 15) is 4.79 Å². The molecule has 3 aliphatic heterocycles. The van der Waals surface area contributed by atoms with Crippen molar-refractivity contribution in [2.45, 2.75) is 64.3 Å². The lowest BCUT2D eigenvalue weighted by atomic mass is 9.90. The van der Waals surface area contributed by atoms with Crippen molar-refractivity contribution in [1.82, 2.24) is 10.3 Å². The number of amides is 1. The Bertz CT molecular complexity index is 975. The molecule has 0 aromatic carbocycles. The molecule has 2 fully saturated rings. The first kappa shape index (κ1) is 20.0. The van der Waals surface area contributed by atoms with Gasteiger partial charge in [-0.25, -0.2) is 4.98 Å². The van der Waals surface area contributed by atoms with E-state index in [4.69, 9.17) is 20.2 Å². The Hall–Kier alpha value is -1.90. The number of ether oxygens (including phenoxy) is 2. The number of thiophene rings is 1. The smallest absolute Gasteiger partial charge is 0.263 e. The van der Waals surface area contributed by atoms with Crippen molar-refractivity contribution < 1.29 is 14.3 Å². The molecule has 8 heteroatoms. The predicted molar refractivity (Wildman–Crippen MR) is 119 cm³/mol. The van der Waals surface area contributed by atoms with E-state index >= 15 is 0 Å². The number of anilines is 2. The standard InChI is InChI=1S/C22H30N4O3S/c1-22(2)10-14-15(12-29-22)19(26-7-3-4-8-26)25-21-16(14)17(23)18(30-21)20(27)24-11-13-6-5-9-28-13/h13H,3-12,23H2,1-2H3,(H,24,27). The summed E-state index contributed by atoms with van der Waals surface area (Å²) in [5.41, 5.74) is 9.19. The molecule has 0 bridgehead atoms. The summed E-state index contributed by atoms with van der Waals surface area (Å²) in [5.74, 6) is 0.881. The maximum Gasteiger partial charge on any atom is 0.263 e. The molecule has 5 heterocycles. The Morgan fingerprint density at radius 2 is 2.10 bits per heavy atom. The van der Waals surface area contributed by atoms with E-state index in [0.29, 0.717) is 23.7 Å². The van der Waals surface area contributed by atoms with Gasteiger partial charge in [-0.2, -0.15) is 0 Å². The number of hydrogen-bond donors (Lipinski definition) is 2. The van der Waals surface area contributed by atoms with Gasteiger partial charge in [-0.05, 0) is 45.1 Å². The molecule has 5 rings (SSSR count). The molecule has 1 amide bonds. The first-order valence-electron chi connectivity index (χ1n) is 11.0. The third kappa shape index (κ3) is 3.55. The number of pyridine rings is 1. The molecule has 0 radical (unpaired) electrons. The molecule has 2 saturated heterocycles. The Kier molecular flexibility index (Phi) is 5.11. The Labute approximate surface area is 180 Å². The van der Waals surface area contributed by atoms with Crippen LogP contribution in [0.15, 0.2) is 0 Å². The minimum atomic E-state index is -0.264. The van der Waals surface area contributed by atoms with Gasteiger partial charge in [0.2, 0.25) is 0 Å². The largest absolute Gasteiger partial charge is 0.397 e. The van der Waals surface area contributed by atoms with Gasteiger partial charge in [-0.15, -0.1) is 11.3 Å². The van der Waals surface area contributed by atoms with E-state index in [2.05, 4.69) is 24.1 Å². The summed E-state index contributed by atoms with van der Waals surface area (Å²) < 4.78 is 11.8. The Balaban J connectivity index is 1.54. The molecule has 3 aliphatic rings. The average molecular weight is 431 g/mol. The van der Waals surface area contributed by atoms with Gasteiger partial charge in [0.15, 0.2) is 0 Å². The van der Waals surface area contributed by atoms with Crippen molar-refractivity contribution >= 4 is 39.0 Å². The second kappa shape index (κ2) is 7.66. The number of aromatic nitrogens is 1. The first-order chi connectivity index (χ1) is 14.4. The van der Waals surface area contributed by atoms with Gasteiger partial charge in [-0.3, -0.25) is 4.79 Å². The van der Waals surface area contributed by atoms with Crippen LogP contribution in [0.25, 0.3) is 10.2 Å². The van der Waals surface area contributed by atoms with Crippen LogP contribution in [-0.4, -0.2) is 48.8 Å². The van der Waals surface area contributed by atoms with Crippen LogP contribution in [0.2, 0.25) is 0 Å². The van der Waals surface area contributed by atoms with Gasteiger partial charge < -0.3 is 25.4 Å². The third-order valence-corrected chi connectivity index (χ3v) is 7.50. The zero-order valence-corrected chi connectivity index (χ0v) is 18.6. The van der Waals surface area contributed by atoms with Crippen molar-refractivity contribution in [2.24, 2.45) is 0 Å². The molecule has 2 aromatic heterocycles. The van der Waals surface area contributed by atoms with Crippen LogP contribution in [0.1, 0.15) is 60.3 Å². The lowest BCUT2D eigenvalue weighted by Crippen LogP contribution is -2.34. The monoisotopic (exact) mass is 430 g/mol. The zero-order valence-electron chi connectivity index (χ0n) is 17.8. The summed E-state index contributed by atoms with van der Waals surface area (Å²) in [6.07, 6.45) is 5.29. The molecule has 162 valence electrons. The molecular weight excluding hydrogens is 400 g/mol.